The lowest BCUT2D eigenvalue weighted by atomic mass is 9.98. The highest BCUT2D eigenvalue weighted by atomic mass is 16.7. The molecule has 0 bridgehead atoms. The van der Waals surface area contributed by atoms with Crippen LogP contribution in [0.15, 0.2) is 0 Å². The number of carbonyl (C=O) groups excluding carboxylic acids is 2. The van der Waals surface area contributed by atoms with Crippen molar-refractivity contribution in [3.8, 4) is 0 Å². The first-order chi connectivity index (χ1) is 46.2. The Labute approximate surface area is 574 Å². The van der Waals surface area contributed by atoms with Crippen molar-refractivity contribution in [3.05, 3.63) is 0 Å². The van der Waals surface area contributed by atoms with Crippen LogP contribution in [0.2, 0.25) is 0 Å². The van der Waals surface area contributed by atoms with Crippen LogP contribution in [0.3, 0.4) is 0 Å². The maximum atomic E-state index is 10.6. The molecule has 0 aromatic heterocycles. The second-order valence-corrected chi connectivity index (χ2v) is 26.8. The van der Waals surface area contributed by atoms with Crippen LogP contribution in [-0.4, -0.2) is 256 Å². The number of unbranched alkanes of at least 4 members (excludes halogenated alkanes) is 35. The topological polar surface area (TPSA) is 474 Å². The van der Waals surface area contributed by atoms with Crippen molar-refractivity contribution in [1.29, 1.82) is 0 Å². The molecule has 2 fully saturated rings. The molecular weight excluding hydrogens is 1250 g/mol. The molecule has 96 heavy (non-hydrogen) atoms. The van der Waals surface area contributed by atoms with E-state index >= 15 is 0 Å². The number of hydrogen-bond acceptors (Lipinski definition) is 24. The molecule has 0 aliphatic carbocycles. The molecule has 26 heteroatoms. The van der Waals surface area contributed by atoms with Crippen LogP contribution < -0.4 is 20.8 Å². The number of aliphatic hydroxyl groups excluding tert-OH is 16. The predicted molar refractivity (Wildman–Crippen MR) is 357 cm³/mol. The summed E-state index contributed by atoms with van der Waals surface area (Å²) in [7, 11) is 0. The second kappa shape index (κ2) is 62.8. The number of carboxylic acids is 2. The zero-order valence-electron chi connectivity index (χ0n) is 58.9. The summed E-state index contributed by atoms with van der Waals surface area (Å²) in [4.78, 5) is 20.3. The molecule has 2 heterocycles. The van der Waals surface area contributed by atoms with Crippen LogP contribution in [0.5, 0.6) is 0 Å². The van der Waals surface area contributed by atoms with Crippen molar-refractivity contribution in [3.63, 3.8) is 0 Å². The van der Waals surface area contributed by atoms with E-state index in [1.165, 1.54) is 167 Å². The zero-order valence-corrected chi connectivity index (χ0v) is 58.9. The molecule has 2 aliphatic heterocycles. The number of rotatable bonds is 61. The number of aliphatic carboxylic acids is 2. The largest absolute Gasteiger partial charge is 0.550 e. The third kappa shape index (κ3) is 45.8. The first-order valence-corrected chi connectivity index (χ1v) is 37.4. The average Bonchev–Trinajstić information content (AvgIpc) is 0.820. The Hall–Kier alpha value is -1.94. The van der Waals surface area contributed by atoms with Crippen molar-refractivity contribution in [1.82, 2.24) is 0 Å². The third-order valence-electron chi connectivity index (χ3n) is 18.2. The molecule has 0 spiro atoms. The first-order valence-electron chi connectivity index (χ1n) is 37.4. The van der Waals surface area contributed by atoms with E-state index in [1.807, 2.05) is 10.6 Å². The van der Waals surface area contributed by atoms with Crippen LogP contribution in [0, 0.1) is 0 Å². The minimum Gasteiger partial charge on any atom is -0.550 e. The van der Waals surface area contributed by atoms with Crippen molar-refractivity contribution >= 4 is 11.9 Å². The first kappa shape index (κ1) is 94.1. The van der Waals surface area contributed by atoms with Crippen LogP contribution in [0.4, 0.5) is 0 Å². The lowest BCUT2D eigenvalue weighted by Crippen LogP contribution is -2.87. The minimum absolute atomic E-state index is 0.131. The van der Waals surface area contributed by atoms with E-state index in [0.29, 0.717) is 0 Å². The van der Waals surface area contributed by atoms with Gasteiger partial charge in [0, 0.05) is 11.9 Å². The Bertz CT molecular complexity index is 1620. The molecule has 26 nitrogen and oxygen atoms in total. The van der Waals surface area contributed by atoms with E-state index in [0.717, 1.165) is 90.1 Å². The maximum absolute atomic E-state index is 10.6. The van der Waals surface area contributed by atoms with E-state index in [4.69, 9.17) is 18.9 Å². The van der Waals surface area contributed by atoms with Crippen molar-refractivity contribution < 1.29 is 131 Å². The van der Waals surface area contributed by atoms with Crippen LogP contribution in [-0.2, 0) is 28.5 Å². The summed E-state index contributed by atoms with van der Waals surface area (Å²) in [5.74, 6) is -1.90. The Balaban J connectivity index is 0.00000151. The van der Waals surface area contributed by atoms with Crippen LogP contribution in [0.1, 0.15) is 271 Å². The fourth-order valence-corrected chi connectivity index (χ4v) is 11.9. The fourth-order valence-electron chi connectivity index (χ4n) is 11.9. The van der Waals surface area contributed by atoms with Gasteiger partial charge in [-0.3, -0.25) is 0 Å². The second-order valence-electron chi connectivity index (χ2n) is 26.8. The molecule has 18 atom stereocenters. The van der Waals surface area contributed by atoms with Crippen molar-refractivity contribution in [2.45, 2.75) is 381 Å². The number of nitrogens with two attached hydrogens (primary N) is 2. The lowest BCUT2D eigenvalue weighted by molar-refractivity contribution is -0.662. The van der Waals surface area contributed by atoms with Gasteiger partial charge in [0.25, 0.3) is 0 Å². The van der Waals surface area contributed by atoms with E-state index in [2.05, 4.69) is 13.8 Å². The van der Waals surface area contributed by atoms with Gasteiger partial charge in [-0.1, -0.05) is 219 Å². The maximum Gasteiger partial charge on any atom is 0.187 e. The van der Waals surface area contributed by atoms with E-state index < -0.39 is 149 Å². The molecule has 0 aromatic rings. The number of carboxylic acid groups (broad SMARTS) is 2. The summed E-state index contributed by atoms with van der Waals surface area (Å²) < 4.78 is 21.4. The molecule has 2 saturated heterocycles. The van der Waals surface area contributed by atoms with Crippen LogP contribution >= 0.6 is 0 Å². The van der Waals surface area contributed by atoms with Crippen LogP contribution in [0.25, 0.3) is 0 Å². The van der Waals surface area contributed by atoms with Gasteiger partial charge < -0.3 is 131 Å². The number of carbonyl (C=O) groups is 2. The SMILES string of the molecule is CCCCCCCCCCCCCCCC[NH2+]C[C@H](O)[C@@H](O)[C@H](O[C@@H]1O[C@H](CO)[C@H](O)[C@H](O)[C@H]1O)[C@H](O)CO.CCCCCCCCCCCCCCCC[NH2+]C[C@H](O)[C@@H](O)[C@H](O[C@@H]1O[C@H](CO)[C@H](O)[C@H](O)[C@H]1O)[C@H](O)CO.O=C([O-])CCCCCCCCCCCCC(=O)[O-]. The van der Waals surface area contributed by atoms with Gasteiger partial charge in [0.2, 0.25) is 0 Å². The summed E-state index contributed by atoms with van der Waals surface area (Å²) in [6.07, 6.45) is 18.4. The molecule has 0 saturated carbocycles. The van der Waals surface area contributed by atoms with Gasteiger partial charge in [-0.05, 0) is 51.4 Å². The Morgan fingerprint density at radius 2 is 0.594 bits per heavy atom. The van der Waals surface area contributed by atoms with E-state index in [1.54, 1.807) is 0 Å². The summed E-state index contributed by atoms with van der Waals surface area (Å²) in [6.45, 7) is 3.35. The van der Waals surface area contributed by atoms with Gasteiger partial charge in [-0.25, -0.2) is 0 Å². The standard InChI is InChI=1S/2C28H57NO10.C14H26O4/c2*1-2-3-4-5-6-7-8-9-10-11-12-13-14-15-16-29-17-20(32)23(34)27(21(33)18-30)39-28-26(37)25(36)24(35)22(19-31)38-28;15-13(16)11-9-7-5-3-1-2-4-6-8-10-12-14(17)18/h2*20-37H,2-19H2,1H3;1-12H2,(H,15,16)(H,17,18)/t2*20-,21+,22+,23+,24-,25-,26+,27+,28-;/m00./s1. The smallest absolute Gasteiger partial charge is 0.187 e. The highest BCUT2D eigenvalue weighted by Crippen LogP contribution is 2.27. The fraction of sp³-hybridized carbons (Fsp3) is 0.971. The van der Waals surface area contributed by atoms with Gasteiger partial charge in [-0.2, -0.15) is 0 Å². The Morgan fingerprint density at radius 3 is 0.823 bits per heavy atom. The highest BCUT2D eigenvalue weighted by molar-refractivity contribution is 5.64. The summed E-state index contributed by atoms with van der Waals surface area (Å²) in [6, 6.07) is 0. The third-order valence-corrected chi connectivity index (χ3v) is 18.2. The minimum atomic E-state index is -1.74. The summed E-state index contributed by atoms with van der Waals surface area (Å²) in [5, 5.41) is 184. The molecular formula is C70H140N2O24. The van der Waals surface area contributed by atoms with Gasteiger partial charge in [0.05, 0.1) is 39.5 Å². The summed E-state index contributed by atoms with van der Waals surface area (Å²) >= 11 is 0. The van der Waals surface area contributed by atoms with Gasteiger partial charge in [-0.15, -0.1) is 0 Å². The molecule has 2 rings (SSSR count). The number of ether oxygens (including phenoxy) is 4. The molecule has 0 amide bonds. The van der Waals surface area contributed by atoms with E-state index in [-0.39, 0.29) is 25.9 Å². The Morgan fingerprint density at radius 1 is 0.354 bits per heavy atom. The quantitative estimate of drug-likeness (QED) is 0.0349. The number of aliphatic hydroxyl groups is 16. The lowest BCUT2D eigenvalue weighted by Gasteiger charge is -2.42. The predicted octanol–water partition coefficient (Wildman–Crippen LogP) is -0.250. The number of hydrogen-bond donors (Lipinski definition) is 18. The zero-order chi connectivity index (χ0) is 71.7. The molecule has 20 N–H and O–H groups in total. The van der Waals surface area contributed by atoms with Crippen molar-refractivity contribution in [2.24, 2.45) is 0 Å². The molecule has 0 aromatic carbocycles. The van der Waals surface area contributed by atoms with E-state index in [9.17, 15) is 102 Å². The molecule has 2 aliphatic rings. The van der Waals surface area contributed by atoms with Gasteiger partial charge >= 0.3 is 0 Å². The molecule has 0 unspecified atom stereocenters. The van der Waals surface area contributed by atoms with Gasteiger partial charge in [0.1, 0.15) is 111 Å². The normalized spacial score (nSPS) is 23.8. The molecule has 574 valence electrons. The Kier molecular flexibility index (Phi) is 61.5. The van der Waals surface area contributed by atoms with Gasteiger partial charge in [0.15, 0.2) is 12.6 Å². The van der Waals surface area contributed by atoms with Crippen molar-refractivity contribution in [2.75, 3.05) is 52.6 Å². The summed E-state index contributed by atoms with van der Waals surface area (Å²) in [5.41, 5.74) is 0. The average molecular weight is 1390 g/mol. The molecule has 0 radical (unpaired) electrons. The number of quaternary nitrogens is 2. The highest BCUT2D eigenvalue weighted by Gasteiger charge is 2.48. The monoisotopic (exact) mass is 1390 g/mol.